The van der Waals surface area contributed by atoms with Crippen molar-refractivity contribution in [3.63, 3.8) is 0 Å². The number of piperidine rings is 2. The number of benzene rings is 2. The SMILES string of the molecule is Cc1cccc(C2CCN(CCN3CCC(Cc4ccccc4)CC3)CC2)c1.Cl.Cl. The average molecular weight is 450 g/mol. The second-order valence-electron chi connectivity index (χ2n) is 9.00. The van der Waals surface area contributed by atoms with Crippen molar-refractivity contribution in [2.75, 3.05) is 39.3 Å². The molecule has 2 aliphatic rings. The van der Waals surface area contributed by atoms with E-state index in [2.05, 4.69) is 71.3 Å². The van der Waals surface area contributed by atoms with Crippen LogP contribution >= 0.6 is 24.8 Å². The predicted octanol–water partition coefficient (Wildman–Crippen LogP) is 5.97. The van der Waals surface area contributed by atoms with Crippen LogP contribution < -0.4 is 0 Å². The van der Waals surface area contributed by atoms with Crippen LogP contribution in [0.1, 0.15) is 48.3 Å². The molecule has 0 bridgehead atoms. The van der Waals surface area contributed by atoms with Crippen LogP contribution in [-0.2, 0) is 6.42 Å². The van der Waals surface area contributed by atoms with Crippen LogP contribution in [0.5, 0.6) is 0 Å². The molecule has 0 spiro atoms. The summed E-state index contributed by atoms with van der Waals surface area (Å²) in [7, 11) is 0. The molecule has 2 fully saturated rings. The van der Waals surface area contributed by atoms with Crippen molar-refractivity contribution in [1.29, 1.82) is 0 Å². The van der Waals surface area contributed by atoms with Gasteiger partial charge in [0.2, 0.25) is 0 Å². The summed E-state index contributed by atoms with van der Waals surface area (Å²) in [5.74, 6) is 1.65. The van der Waals surface area contributed by atoms with Crippen LogP contribution in [0.4, 0.5) is 0 Å². The Bertz CT molecular complexity index is 721. The van der Waals surface area contributed by atoms with Crippen LogP contribution in [0, 0.1) is 12.8 Å². The highest BCUT2D eigenvalue weighted by Gasteiger charge is 2.23. The van der Waals surface area contributed by atoms with E-state index in [1.54, 1.807) is 5.56 Å². The van der Waals surface area contributed by atoms with E-state index in [1.807, 2.05) is 0 Å². The molecule has 0 amide bonds. The summed E-state index contributed by atoms with van der Waals surface area (Å²) in [6.45, 7) is 9.83. The molecule has 0 unspecified atom stereocenters. The molecule has 0 aromatic heterocycles. The highest BCUT2D eigenvalue weighted by Crippen LogP contribution is 2.28. The fourth-order valence-corrected chi connectivity index (χ4v) is 5.06. The lowest BCUT2D eigenvalue weighted by atomic mass is 9.88. The van der Waals surface area contributed by atoms with Crippen LogP contribution in [0.25, 0.3) is 0 Å². The van der Waals surface area contributed by atoms with Gasteiger partial charge in [-0.1, -0.05) is 60.2 Å². The minimum Gasteiger partial charge on any atom is -0.302 e. The van der Waals surface area contributed by atoms with E-state index in [1.165, 1.54) is 82.5 Å². The zero-order valence-corrected chi connectivity index (χ0v) is 20.0. The van der Waals surface area contributed by atoms with Gasteiger partial charge in [-0.3, -0.25) is 0 Å². The third-order valence-electron chi connectivity index (χ3n) is 6.91. The van der Waals surface area contributed by atoms with E-state index in [4.69, 9.17) is 0 Å². The molecule has 0 aliphatic carbocycles. The maximum atomic E-state index is 2.70. The Morgan fingerprint density at radius 1 is 0.733 bits per heavy atom. The summed E-state index contributed by atoms with van der Waals surface area (Å²) < 4.78 is 0. The number of nitrogens with zero attached hydrogens (tertiary/aromatic N) is 2. The predicted molar refractivity (Wildman–Crippen MR) is 133 cm³/mol. The molecule has 0 N–H and O–H groups in total. The van der Waals surface area contributed by atoms with Gasteiger partial charge in [-0.2, -0.15) is 0 Å². The summed E-state index contributed by atoms with van der Waals surface area (Å²) in [4.78, 5) is 5.40. The Kier molecular flexibility index (Phi) is 10.7. The van der Waals surface area contributed by atoms with Crippen molar-refractivity contribution in [2.45, 2.75) is 44.9 Å². The molecule has 4 heteroatoms. The van der Waals surface area contributed by atoms with Crippen LogP contribution in [0.3, 0.4) is 0 Å². The molecule has 30 heavy (non-hydrogen) atoms. The van der Waals surface area contributed by atoms with Crippen LogP contribution in [-0.4, -0.2) is 49.1 Å². The van der Waals surface area contributed by atoms with E-state index in [9.17, 15) is 0 Å². The third kappa shape index (κ3) is 7.27. The minimum atomic E-state index is 0. The van der Waals surface area contributed by atoms with Crippen molar-refractivity contribution in [3.8, 4) is 0 Å². The quantitative estimate of drug-likeness (QED) is 0.536. The summed E-state index contributed by atoms with van der Waals surface area (Å²) in [6, 6.07) is 20.2. The first-order valence-corrected chi connectivity index (χ1v) is 11.3. The van der Waals surface area contributed by atoms with Gasteiger partial charge in [0, 0.05) is 13.1 Å². The van der Waals surface area contributed by atoms with Crippen LogP contribution in [0.2, 0.25) is 0 Å². The second-order valence-corrected chi connectivity index (χ2v) is 9.00. The lowest BCUT2D eigenvalue weighted by Gasteiger charge is -2.36. The van der Waals surface area contributed by atoms with Gasteiger partial charge < -0.3 is 9.80 Å². The molecule has 2 nitrogen and oxygen atoms in total. The summed E-state index contributed by atoms with van der Waals surface area (Å²) in [6.07, 6.45) is 6.64. The second kappa shape index (κ2) is 12.7. The molecule has 0 radical (unpaired) electrons. The van der Waals surface area contributed by atoms with Crippen molar-refractivity contribution in [1.82, 2.24) is 9.80 Å². The fraction of sp³-hybridized carbons (Fsp3) is 0.538. The van der Waals surface area contributed by atoms with Gasteiger partial charge in [-0.05, 0) is 88.2 Å². The van der Waals surface area contributed by atoms with E-state index in [-0.39, 0.29) is 24.8 Å². The van der Waals surface area contributed by atoms with E-state index >= 15 is 0 Å². The molecule has 4 rings (SSSR count). The van der Waals surface area contributed by atoms with E-state index in [0.717, 1.165) is 11.8 Å². The monoisotopic (exact) mass is 448 g/mol. The molecular weight excluding hydrogens is 411 g/mol. The van der Waals surface area contributed by atoms with Gasteiger partial charge in [0.1, 0.15) is 0 Å². The molecule has 0 atom stereocenters. The molecule has 2 aromatic carbocycles. The van der Waals surface area contributed by atoms with Crippen molar-refractivity contribution < 1.29 is 0 Å². The molecule has 166 valence electrons. The first kappa shape index (κ1) is 25.2. The minimum absolute atomic E-state index is 0. The Morgan fingerprint density at radius 2 is 1.33 bits per heavy atom. The molecule has 2 heterocycles. The normalized spacial score (nSPS) is 19.1. The Hall–Kier alpha value is -1.06. The van der Waals surface area contributed by atoms with E-state index in [0.29, 0.717) is 0 Å². The maximum absolute atomic E-state index is 2.70. The van der Waals surface area contributed by atoms with Crippen LogP contribution in [0.15, 0.2) is 54.6 Å². The summed E-state index contributed by atoms with van der Waals surface area (Å²) in [5, 5.41) is 0. The molecule has 2 aromatic rings. The van der Waals surface area contributed by atoms with Gasteiger partial charge >= 0.3 is 0 Å². The third-order valence-corrected chi connectivity index (χ3v) is 6.91. The Morgan fingerprint density at radius 3 is 1.93 bits per heavy atom. The topological polar surface area (TPSA) is 6.48 Å². The number of hydrogen-bond acceptors (Lipinski definition) is 2. The Labute approximate surface area is 195 Å². The number of aryl methyl sites for hydroxylation is 1. The van der Waals surface area contributed by atoms with Gasteiger partial charge in [-0.25, -0.2) is 0 Å². The van der Waals surface area contributed by atoms with Crippen molar-refractivity contribution in [3.05, 3.63) is 71.3 Å². The van der Waals surface area contributed by atoms with Gasteiger partial charge in [0.15, 0.2) is 0 Å². The first-order valence-electron chi connectivity index (χ1n) is 11.3. The molecule has 2 saturated heterocycles. The lowest BCUT2D eigenvalue weighted by Crippen LogP contribution is -2.42. The zero-order chi connectivity index (χ0) is 19.2. The van der Waals surface area contributed by atoms with Gasteiger partial charge in [0.25, 0.3) is 0 Å². The zero-order valence-electron chi connectivity index (χ0n) is 18.3. The van der Waals surface area contributed by atoms with Gasteiger partial charge in [0.05, 0.1) is 0 Å². The number of hydrogen-bond donors (Lipinski definition) is 0. The maximum Gasteiger partial charge on any atom is 0.0109 e. The molecular formula is C26H38Cl2N2. The molecule has 2 aliphatic heterocycles. The van der Waals surface area contributed by atoms with Crippen molar-refractivity contribution >= 4 is 24.8 Å². The standard InChI is InChI=1S/C26H36N2.2ClH/c1-22-6-5-9-26(20-22)25-12-16-28(17-13-25)19-18-27-14-10-24(11-15-27)21-23-7-3-2-4-8-23;;/h2-9,20,24-25H,10-19,21H2,1H3;2*1H. The van der Waals surface area contributed by atoms with Gasteiger partial charge in [-0.15, -0.1) is 24.8 Å². The number of halogens is 2. The first-order chi connectivity index (χ1) is 13.8. The summed E-state index contributed by atoms with van der Waals surface area (Å²) >= 11 is 0. The van der Waals surface area contributed by atoms with E-state index < -0.39 is 0 Å². The Balaban J connectivity index is 0.00000160. The average Bonchev–Trinajstić information content (AvgIpc) is 2.74. The number of rotatable bonds is 6. The largest absolute Gasteiger partial charge is 0.302 e. The van der Waals surface area contributed by atoms with Crippen molar-refractivity contribution in [2.24, 2.45) is 5.92 Å². The summed E-state index contributed by atoms with van der Waals surface area (Å²) in [5.41, 5.74) is 4.47. The molecule has 0 saturated carbocycles. The smallest absolute Gasteiger partial charge is 0.0109 e. The number of likely N-dealkylation sites (tertiary alicyclic amines) is 2. The highest BCUT2D eigenvalue weighted by molar-refractivity contribution is 5.85. The highest BCUT2D eigenvalue weighted by atomic mass is 35.5. The fourth-order valence-electron chi connectivity index (χ4n) is 5.06. The lowest BCUT2D eigenvalue weighted by molar-refractivity contribution is 0.141.